The lowest BCUT2D eigenvalue weighted by molar-refractivity contribution is -0.116. The molecule has 1 heterocycles. The smallest absolute Gasteiger partial charge is 0.253 e. The highest BCUT2D eigenvalue weighted by Gasteiger charge is 2.05. The van der Waals surface area contributed by atoms with Gasteiger partial charge in [-0.1, -0.05) is 18.3 Å². The van der Waals surface area contributed by atoms with Crippen molar-refractivity contribution in [2.75, 3.05) is 5.32 Å². The number of hydrogen-bond acceptors (Lipinski definition) is 3. The monoisotopic (exact) mass is 315 g/mol. The molecule has 0 saturated heterocycles. The molecule has 1 aromatic heterocycles. The number of aryl methyl sites for hydroxylation is 2. The van der Waals surface area contributed by atoms with Crippen LogP contribution in [-0.2, 0) is 11.3 Å². The Bertz CT molecular complexity index is 751. The number of nitrogens with two attached hydrogens (primary N) is 1. The number of benzene rings is 1. The van der Waals surface area contributed by atoms with Gasteiger partial charge in [0.1, 0.15) is 4.99 Å². The van der Waals surface area contributed by atoms with Crippen molar-refractivity contribution in [2.24, 2.45) is 5.73 Å². The maximum Gasteiger partial charge on any atom is 0.253 e. The number of anilines is 1. The van der Waals surface area contributed by atoms with Gasteiger partial charge in [0.2, 0.25) is 5.91 Å². The summed E-state index contributed by atoms with van der Waals surface area (Å²) in [5, 5.41) is 2.77. The summed E-state index contributed by atoms with van der Waals surface area (Å²) in [5.41, 5.74) is 7.52. The normalized spacial score (nSPS) is 10.2. The van der Waals surface area contributed by atoms with Gasteiger partial charge in [0.15, 0.2) is 0 Å². The molecule has 22 heavy (non-hydrogen) atoms. The van der Waals surface area contributed by atoms with Gasteiger partial charge in [-0.2, -0.15) is 0 Å². The van der Waals surface area contributed by atoms with E-state index in [-0.39, 0.29) is 17.9 Å². The molecule has 1 amide bonds. The lowest BCUT2D eigenvalue weighted by Crippen LogP contribution is -2.24. The summed E-state index contributed by atoms with van der Waals surface area (Å²) in [4.78, 5) is 24.1. The van der Waals surface area contributed by atoms with Crippen LogP contribution >= 0.6 is 12.2 Å². The van der Waals surface area contributed by atoms with E-state index < -0.39 is 0 Å². The third-order valence-electron chi connectivity index (χ3n) is 3.24. The van der Waals surface area contributed by atoms with Crippen LogP contribution < -0.4 is 16.6 Å². The van der Waals surface area contributed by atoms with Crippen LogP contribution in [0.3, 0.4) is 0 Å². The predicted octanol–water partition coefficient (Wildman–Crippen LogP) is 1.82. The molecular weight excluding hydrogens is 298 g/mol. The van der Waals surface area contributed by atoms with E-state index in [0.29, 0.717) is 22.8 Å². The molecular formula is C16H17N3O2S. The largest absolute Gasteiger partial charge is 0.389 e. The Morgan fingerprint density at radius 3 is 2.59 bits per heavy atom. The molecule has 2 aromatic rings. The van der Waals surface area contributed by atoms with E-state index in [9.17, 15) is 9.59 Å². The highest BCUT2D eigenvalue weighted by atomic mass is 32.1. The van der Waals surface area contributed by atoms with Crippen LogP contribution in [0.4, 0.5) is 5.69 Å². The molecule has 3 N–H and O–H groups in total. The Morgan fingerprint density at radius 2 is 1.95 bits per heavy atom. The first-order valence-electron chi connectivity index (χ1n) is 6.83. The Morgan fingerprint density at radius 1 is 1.27 bits per heavy atom. The number of nitrogens with one attached hydrogen (secondary N) is 1. The zero-order valence-electron chi connectivity index (χ0n) is 12.2. The van der Waals surface area contributed by atoms with E-state index in [2.05, 4.69) is 5.32 Å². The van der Waals surface area contributed by atoms with Crippen LogP contribution in [0.1, 0.15) is 17.5 Å². The summed E-state index contributed by atoms with van der Waals surface area (Å²) >= 11 is 4.87. The molecule has 0 unspecified atom stereocenters. The maximum atomic E-state index is 11.9. The number of pyridine rings is 1. The highest BCUT2D eigenvalue weighted by Crippen LogP contribution is 2.10. The fraction of sp³-hybridized carbons (Fsp3) is 0.188. The van der Waals surface area contributed by atoms with Gasteiger partial charge in [0.05, 0.1) is 0 Å². The molecule has 6 heteroatoms. The third kappa shape index (κ3) is 4.02. The van der Waals surface area contributed by atoms with E-state index in [1.54, 1.807) is 49.5 Å². The zero-order chi connectivity index (χ0) is 16.1. The van der Waals surface area contributed by atoms with Crippen LogP contribution in [0.25, 0.3) is 0 Å². The number of carbonyl (C=O) groups is 1. The lowest BCUT2D eigenvalue weighted by Gasteiger charge is -2.08. The van der Waals surface area contributed by atoms with Crippen molar-refractivity contribution < 1.29 is 4.79 Å². The van der Waals surface area contributed by atoms with Crippen molar-refractivity contribution in [3.05, 3.63) is 64.1 Å². The fourth-order valence-corrected chi connectivity index (χ4v) is 2.13. The minimum Gasteiger partial charge on any atom is -0.389 e. The van der Waals surface area contributed by atoms with Crippen molar-refractivity contribution >= 4 is 28.8 Å². The molecule has 0 fully saturated rings. The van der Waals surface area contributed by atoms with Crippen LogP contribution in [0.5, 0.6) is 0 Å². The summed E-state index contributed by atoms with van der Waals surface area (Å²) in [6.45, 7) is 2.10. The standard InChI is InChI=1S/C16H17N3O2S/c1-11-3-2-9-19(16(11)21)10-8-14(20)18-13-6-4-12(5-7-13)15(17)22/h2-7,9H,8,10H2,1H3,(H2,17,22)(H,18,20). The van der Waals surface area contributed by atoms with E-state index in [1.807, 2.05) is 0 Å². The predicted molar refractivity (Wildman–Crippen MR) is 91.0 cm³/mol. The summed E-state index contributed by atoms with van der Waals surface area (Å²) < 4.78 is 1.53. The van der Waals surface area contributed by atoms with Gasteiger partial charge < -0.3 is 15.6 Å². The van der Waals surface area contributed by atoms with Gasteiger partial charge in [0, 0.05) is 36.0 Å². The second-order valence-corrected chi connectivity index (χ2v) is 5.37. The molecule has 0 aliphatic heterocycles. The molecule has 0 saturated carbocycles. The molecule has 0 aliphatic rings. The van der Waals surface area contributed by atoms with Gasteiger partial charge in [-0.25, -0.2) is 0 Å². The van der Waals surface area contributed by atoms with Crippen molar-refractivity contribution in [2.45, 2.75) is 19.9 Å². The molecule has 0 bridgehead atoms. The van der Waals surface area contributed by atoms with E-state index in [4.69, 9.17) is 18.0 Å². The molecule has 0 radical (unpaired) electrons. The number of carbonyl (C=O) groups excluding carboxylic acids is 1. The van der Waals surface area contributed by atoms with Crippen molar-refractivity contribution in [3.8, 4) is 0 Å². The second-order valence-electron chi connectivity index (χ2n) is 4.93. The Kier molecular flexibility index (Phi) is 5.06. The number of aromatic nitrogens is 1. The second kappa shape index (κ2) is 7.00. The van der Waals surface area contributed by atoms with Gasteiger partial charge in [-0.05, 0) is 37.3 Å². The lowest BCUT2D eigenvalue weighted by atomic mass is 10.2. The third-order valence-corrected chi connectivity index (χ3v) is 3.48. The average Bonchev–Trinajstić information content (AvgIpc) is 2.49. The Hall–Kier alpha value is -2.47. The summed E-state index contributed by atoms with van der Waals surface area (Å²) in [6.07, 6.45) is 1.90. The number of thiocarbonyl (C=S) groups is 1. The molecule has 1 aromatic carbocycles. The Labute approximate surface area is 133 Å². The number of rotatable bonds is 5. The quantitative estimate of drug-likeness (QED) is 0.825. The van der Waals surface area contributed by atoms with Crippen LogP contribution in [0.2, 0.25) is 0 Å². The minimum atomic E-state index is -0.156. The molecule has 0 atom stereocenters. The van der Waals surface area contributed by atoms with Gasteiger partial charge in [0.25, 0.3) is 5.56 Å². The number of nitrogens with zero attached hydrogens (tertiary/aromatic N) is 1. The van der Waals surface area contributed by atoms with E-state index in [1.165, 1.54) is 4.57 Å². The molecule has 2 rings (SSSR count). The van der Waals surface area contributed by atoms with Crippen molar-refractivity contribution in [3.63, 3.8) is 0 Å². The zero-order valence-corrected chi connectivity index (χ0v) is 13.0. The number of hydrogen-bond donors (Lipinski definition) is 2. The average molecular weight is 315 g/mol. The SMILES string of the molecule is Cc1cccn(CCC(=O)Nc2ccc(C(N)=S)cc2)c1=O. The van der Waals surface area contributed by atoms with Crippen LogP contribution in [0, 0.1) is 6.92 Å². The molecule has 5 nitrogen and oxygen atoms in total. The minimum absolute atomic E-state index is 0.0730. The van der Waals surface area contributed by atoms with Crippen LogP contribution in [0.15, 0.2) is 47.4 Å². The van der Waals surface area contributed by atoms with Crippen LogP contribution in [-0.4, -0.2) is 15.5 Å². The summed E-state index contributed by atoms with van der Waals surface area (Å²) in [5.74, 6) is -0.156. The first kappa shape index (κ1) is 15.9. The summed E-state index contributed by atoms with van der Waals surface area (Å²) in [6, 6.07) is 10.5. The van der Waals surface area contributed by atoms with Crippen molar-refractivity contribution in [1.29, 1.82) is 0 Å². The topological polar surface area (TPSA) is 77.1 Å². The maximum absolute atomic E-state index is 11.9. The molecule has 0 aliphatic carbocycles. The fourth-order valence-electron chi connectivity index (χ4n) is 2.00. The molecule has 114 valence electrons. The first-order valence-corrected chi connectivity index (χ1v) is 7.24. The van der Waals surface area contributed by atoms with E-state index in [0.717, 1.165) is 5.56 Å². The van der Waals surface area contributed by atoms with Gasteiger partial charge in [-0.3, -0.25) is 9.59 Å². The molecule has 0 spiro atoms. The van der Waals surface area contributed by atoms with Crippen molar-refractivity contribution in [1.82, 2.24) is 4.57 Å². The highest BCUT2D eigenvalue weighted by molar-refractivity contribution is 7.80. The number of amides is 1. The first-order chi connectivity index (χ1) is 10.5. The van der Waals surface area contributed by atoms with Gasteiger partial charge in [-0.15, -0.1) is 0 Å². The van der Waals surface area contributed by atoms with Gasteiger partial charge >= 0.3 is 0 Å². The summed E-state index contributed by atoms with van der Waals surface area (Å²) in [7, 11) is 0. The Balaban J connectivity index is 1.94. The van der Waals surface area contributed by atoms with E-state index >= 15 is 0 Å².